The van der Waals surface area contributed by atoms with E-state index in [1.165, 1.54) is 6.07 Å². The van der Waals surface area contributed by atoms with Gasteiger partial charge < -0.3 is 14.5 Å². The number of halogens is 1. The maximum Gasteiger partial charge on any atom is 0.336 e. The second-order valence-electron chi connectivity index (χ2n) is 6.68. The van der Waals surface area contributed by atoms with Crippen LogP contribution >= 0.6 is 22.9 Å². The standard InChI is InChI=1S/C23H18ClNO4S/c1-14(23(27)25-13-16-8-5-9-30-16)28-21-12-20-18(10-19(21)24)17(11-22(26)29-20)15-6-3-2-4-7-15/h2-12,14H,13H2,1H3,(H,25,27). The minimum atomic E-state index is -0.774. The molecule has 7 heteroatoms. The van der Waals surface area contributed by atoms with Gasteiger partial charge in [0.15, 0.2) is 6.10 Å². The highest BCUT2D eigenvalue weighted by Crippen LogP contribution is 2.35. The molecule has 5 nitrogen and oxygen atoms in total. The van der Waals surface area contributed by atoms with Crippen molar-refractivity contribution in [2.45, 2.75) is 19.6 Å². The number of carbonyl (C=O) groups excluding carboxylic acids is 1. The molecule has 30 heavy (non-hydrogen) atoms. The van der Waals surface area contributed by atoms with E-state index in [0.717, 1.165) is 16.0 Å². The molecule has 0 saturated carbocycles. The lowest BCUT2D eigenvalue weighted by molar-refractivity contribution is -0.127. The molecular weight excluding hydrogens is 422 g/mol. The molecule has 2 heterocycles. The molecule has 4 rings (SSSR count). The molecule has 4 aromatic rings. The van der Waals surface area contributed by atoms with Crippen molar-refractivity contribution in [2.24, 2.45) is 0 Å². The zero-order chi connectivity index (χ0) is 21.1. The SMILES string of the molecule is CC(Oc1cc2oc(=O)cc(-c3ccccc3)c2cc1Cl)C(=O)NCc1cccs1. The summed E-state index contributed by atoms with van der Waals surface area (Å²) in [5.41, 5.74) is 1.46. The molecule has 1 unspecified atom stereocenters. The van der Waals surface area contributed by atoms with Crippen LogP contribution in [0.25, 0.3) is 22.1 Å². The molecular formula is C23H18ClNO4S. The van der Waals surface area contributed by atoms with Gasteiger partial charge in [-0.3, -0.25) is 4.79 Å². The molecule has 0 bridgehead atoms. The fourth-order valence-electron chi connectivity index (χ4n) is 3.09. The third-order valence-electron chi connectivity index (χ3n) is 4.57. The number of rotatable bonds is 6. The van der Waals surface area contributed by atoms with Crippen LogP contribution in [0.15, 0.2) is 75.3 Å². The van der Waals surface area contributed by atoms with Crippen LogP contribution in [0.5, 0.6) is 5.75 Å². The quantitative estimate of drug-likeness (QED) is 0.416. The van der Waals surface area contributed by atoms with Gasteiger partial charge in [-0.2, -0.15) is 0 Å². The van der Waals surface area contributed by atoms with Crippen LogP contribution in [0.4, 0.5) is 0 Å². The van der Waals surface area contributed by atoms with Gasteiger partial charge in [0.1, 0.15) is 11.3 Å². The van der Waals surface area contributed by atoms with E-state index in [9.17, 15) is 9.59 Å². The van der Waals surface area contributed by atoms with Gasteiger partial charge in [-0.05, 0) is 35.6 Å². The van der Waals surface area contributed by atoms with E-state index in [4.69, 9.17) is 20.8 Å². The Morgan fingerprint density at radius 2 is 1.97 bits per heavy atom. The average molecular weight is 440 g/mol. The summed E-state index contributed by atoms with van der Waals surface area (Å²) in [5.74, 6) is 0.00959. The highest BCUT2D eigenvalue weighted by atomic mass is 35.5. The van der Waals surface area contributed by atoms with Crippen molar-refractivity contribution in [2.75, 3.05) is 0 Å². The molecule has 0 aliphatic rings. The topological polar surface area (TPSA) is 68.5 Å². The summed E-state index contributed by atoms with van der Waals surface area (Å²) in [5, 5.41) is 5.80. The van der Waals surface area contributed by atoms with Crippen LogP contribution in [0.3, 0.4) is 0 Å². The third-order valence-corrected chi connectivity index (χ3v) is 5.74. The predicted octanol–water partition coefficient (Wildman–Crippen LogP) is 5.26. The Balaban J connectivity index is 1.60. The van der Waals surface area contributed by atoms with Crippen molar-refractivity contribution < 1.29 is 13.9 Å². The van der Waals surface area contributed by atoms with Crippen molar-refractivity contribution in [3.63, 3.8) is 0 Å². The molecule has 0 radical (unpaired) electrons. The Labute approximate surface area is 181 Å². The fraction of sp³-hybridized carbons (Fsp3) is 0.130. The van der Waals surface area contributed by atoms with Crippen molar-refractivity contribution >= 4 is 39.8 Å². The van der Waals surface area contributed by atoms with E-state index in [-0.39, 0.29) is 11.7 Å². The number of nitrogens with one attached hydrogen (secondary N) is 1. The minimum Gasteiger partial charge on any atom is -0.479 e. The number of hydrogen-bond donors (Lipinski definition) is 1. The molecule has 0 spiro atoms. The molecule has 0 fully saturated rings. The smallest absolute Gasteiger partial charge is 0.336 e. The van der Waals surface area contributed by atoms with Crippen molar-refractivity contribution in [3.05, 3.63) is 86.4 Å². The summed E-state index contributed by atoms with van der Waals surface area (Å²) in [7, 11) is 0. The second kappa shape index (κ2) is 8.73. The molecule has 0 aliphatic heterocycles. The zero-order valence-electron chi connectivity index (χ0n) is 16.1. The Bertz CT molecular complexity index is 1240. The van der Waals surface area contributed by atoms with E-state index < -0.39 is 11.7 Å². The van der Waals surface area contributed by atoms with Crippen molar-refractivity contribution in [3.8, 4) is 16.9 Å². The highest BCUT2D eigenvalue weighted by Gasteiger charge is 2.18. The number of benzene rings is 2. The first-order valence-corrected chi connectivity index (χ1v) is 10.6. The molecule has 1 amide bonds. The molecule has 0 saturated heterocycles. The average Bonchev–Trinajstić information content (AvgIpc) is 3.26. The van der Waals surface area contributed by atoms with Gasteiger partial charge in [0.25, 0.3) is 5.91 Å². The van der Waals surface area contributed by atoms with Gasteiger partial charge >= 0.3 is 5.63 Å². The largest absolute Gasteiger partial charge is 0.479 e. The number of ether oxygens (including phenoxy) is 1. The fourth-order valence-corrected chi connectivity index (χ4v) is 3.94. The van der Waals surface area contributed by atoms with Crippen LogP contribution < -0.4 is 15.7 Å². The molecule has 0 aliphatic carbocycles. The molecule has 2 aromatic carbocycles. The Morgan fingerprint density at radius 1 is 1.17 bits per heavy atom. The lowest BCUT2D eigenvalue weighted by Gasteiger charge is -2.16. The van der Waals surface area contributed by atoms with Gasteiger partial charge in [0.2, 0.25) is 0 Å². The highest BCUT2D eigenvalue weighted by molar-refractivity contribution is 7.09. The zero-order valence-corrected chi connectivity index (χ0v) is 17.6. The van der Waals surface area contributed by atoms with Crippen LogP contribution in [-0.4, -0.2) is 12.0 Å². The van der Waals surface area contributed by atoms with Gasteiger partial charge in [-0.1, -0.05) is 48.0 Å². The van der Waals surface area contributed by atoms with Gasteiger partial charge in [-0.15, -0.1) is 11.3 Å². The van der Waals surface area contributed by atoms with E-state index in [1.807, 2.05) is 47.8 Å². The Morgan fingerprint density at radius 3 is 2.70 bits per heavy atom. The number of amides is 1. The third kappa shape index (κ3) is 4.40. The summed E-state index contributed by atoms with van der Waals surface area (Å²) in [6.45, 7) is 2.08. The Kier molecular flexibility index (Phi) is 5.88. The lowest BCUT2D eigenvalue weighted by atomic mass is 10.0. The number of carbonyl (C=O) groups is 1. The summed E-state index contributed by atoms with van der Waals surface area (Å²) in [6.07, 6.45) is -0.774. The summed E-state index contributed by atoms with van der Waals surface area (Å²) >= 11 is 8.00. The van der Waals surface area contributed by atoms with Gasteiger partial charge in [0.05, 0.1) is 11.6 Å². The van der Waals surface area contributed by atoms with Gasteiger partial charge in [0, 0.05) is 22.4 Å². The van der Waals surface area contributed by atoms with Crippen molar-refractivity contribution in [1.82, 2.24) is 5.32 Å². The monoisotopic (exact) mass is 439 g/mol. The predicted molar refractivity (Wildman–Crippen MR) is 119 cm³/mol. The first kappa shape index (κ1) is 20.2. The number of thiophene rings is 1. The van der Waals surface area contributed by atoms with Crippen molar-refractivity contribution in [1.29, 1.82) is 0 Å². The lowest BCUT2D eigenvalue weighted by Crippen LogP contribution is -2.35. The number of fused-ring (bicyclic) bond motifs is 1. The van der Waals surface area contributed by atoms with Crippen LogP contribution in [0, 0.1) is 0 Å². The van der Waals surface area contributed by atoms with Crippen LogP contribution in [0.2, 0.25) is 5.02 Å². The molecule has 2 aromatic heterocycles. The molecule has 1 N–H and O–H groups in total. The van der Waals surface area contributed by atoms with E-state index in [1.54, 1.807) is 30.4 Å². The molecule has 152 valence electrons. The van der Waals surface area contributed by atoms with Crippen LogP contribution in [-0.2, 0) is 11.3 Å². The maximum atomic E-state index is 12.4. The van der Waals surface area contributed by atoms with Gasteiger partial charge in [-0.25, -0.2) is 4.79 Å². The normalized spacial score (nSPS) is 11.9. The molecule has 1 atom stereocenters. The van der Waals surface area contributed by atoms with E-state index in [2.05, 4.69) is 5.32 Å². The first-order chi connectivity index (χ1) is 14.5. The Hall–Kier alpha value is -3.09. The summed E-state index contributed by atoms with van der Waals surface area (Å²) in [6, 6.07) is 18.1. The number of hydrogen-bond acceptors (Lipinski definition) is 5. The first-order valence-electron chi connectivity index (χ1n) is 9.31. The minimum absolute atomic E-state index is 0.265. The maximum absolute atomic E-state index is 12.4. The van der Waals surface area contributed by atoms with E-state index >= 15 is 0 Å². The van der Waals surface area contributed by atoms with Crippen LogP contribution in [0.1, 0.15) is 11.8 Å². The van der Waals surface area contributed by atoms with E-state index in [0.29, 0.717) is 22.5 Å². The summed E-state index contributed by atoms with van der Waals surface area (Å²) in [4.78, 5) is 25.5. The second-order valence-corrected chi connectivity index (χ2v) is 8.12. The summed E-state index contributed by atoms with van der Waals surface area (Å²) < 4.78 is 11.1.